The summed E-state index contributed by atoms with van der Waals surface area (Å²) in [5.74, 6) is -0.942. The van der Waals surface area contributed by atoms with E-state index < -0.39 is 15.8 Å². The number of sulfonamides is 1. The van der Waals surface area contributed by atoms with Crippen LogP contribution in [0.25, 0.3) is 5.65 Å². The highest BCUT2D eigenvalue weighted by Gasteiger charge is 2.17. The molecule has 0 spiro atoms. The van der Waals surface area contributed by atoms with Crippen molar-refractivity contribution in [3.05, 3.63) is 95.7 Å². The van der Waals surface area contributed by atoms with E-state index in [1.54, 1.807) is 19.1 Å². The molecule has 1 amide bonds. The SMILES string of the molecule is Cc1ccc(S(=O)(=O)Nc2cccc(C(=O)NCCc3cn4ccccc4n3)c2)cc1F. The highest BCUT2D eigenvalue weighted by atomic mass is 32.2. The minimum atomic E-state index is -3.99. The summed E-state index contributed by atoms with van der Waals surface area (Å²) in [6, 6.07) is 15.5. The summed E-state index contributed by atoms with van der Waals surface area (Å²) in [7, 11) is -3.99. The minimum absolute atomic E-state index is 0.192. The monoisotopic (exact) mass is 452 g/mol. The highest BCUT2D eigenvalue weighted by molar-refractivity contribution is 7.92. The van der Waals surface area contributed by atoms with Crippen molar-refractivity contribution in [2.24, 2.45) is 0 Å². The van der Waals surface area contributed by atoms with Gasteiger partial charge in [-0.3, -0.25) is 9.52 Å². The summed E-state index contributed by atoms with van der Waals surface area (Å²) in [4.78, 5) is 16.8. The summed E-state index contributed by atoms with van der Waals surface area (Å²) in [5.41, 5.74) is 2.55. The van der Waals surface area contributed by atoms with Crippen LogP contribution in [0, 0.1) is 12.7 Å². The van der Waals surface area contributed by atoms with Crippen LogP contribution in [0.1, 0.15) is 21.6 Å². The second kappa shape index (κ2) is 8.80. The molecule has 0 fully saturated rings. The molecule has 32 heavy (non-hydrogen) atoms. The number of hydrogen-bond donors (Lipinski definition) is 2. The van der Waals surface area contributed by atoms with Crippen molar-refractivity contribution in [1.29, 1.82) is 0 Å². The van der Waals surface area contributed by atoms with Crippen LogP contribution in [0.4, 0.5) is 10.1 Å². The Balaban J connectivity index is 1.40. The Kier molecular flexibility index (Phi) is 5.91. The second-order valence-electron chi connectivity index (χ2n) is 7.30. The third-order valence-corrected chi connectivity index (χ3v) is 6.29. The summed E-state index contributed by atoms with van der Waals surface area (Å²) in [6.07, 6.45) is 4.37. The largest absolute Gasteiger partial charge is 0.352 e. The van der Waals surface area contributed by atoms with Gasteiger partial charge in [-0.25, -0.2) is 17.8 Å². The number of carbonyl (C=O) groups excluding carboxylic acids is 1. The van der Waals surface area contributed by atoms with Crippen LogP contribution in [-0.2, 0) is 16.4 Å². The molecule has 0 aliphatic heterocycles. The van der Waals surface area contributed by atoms with Crippen molar-refractivity contribution in [3.8, 4) is 0 Å². The first-order chi connectivity index (χ1) is 15.3. The Bertz CT molecular complexity index is 1370. The van der Waals surface area contributed by atoms with E-state index in [1.165, 1.54) is 24.3 Å². The molecule has 0 aliphatic rings. The van der Waals surface area contributed by atoms with Gasteiger partial charge in [0.15, 0.2) is 0 Å². The van der Waals surface area contributed by atoms with Crippen LogP contribution in [0.15, 0.2) is 78.0 Å². The molecule has 4 aromatic rings. The van der Waals surface area contributed by atoms with Crippen LogP contribution in [0.3, 0.4) is 0 Å². The molecule has 2 heterocycles. The van der Waals surface area contributed by atoms with Gasteiger partial charge >= 0.3 is 0 Å². The molecule has 0 bridgehead atoms. The lowest BCUT2D eigenvalue weighted by atomic mass is 10.2. The van der Waals surface area contributed by atoms with Gasteiger partial charge in [-0.1, -0.05) is 18.2 Å². The van der Waals surface area contributed by atoms with Crippen LogP contribution < -0.4 is 10.0 Å². The van der Waals surface area contributed by atoms with Crippen molar-refractivity contribution in [1.82, 2.24) is 14.7 Å². The molecule has 2 aromatic heterocycles. The van der Waals surface area contributed by atoms with Gasteiger partial charge < -0.3 is 9.72 Å². The van der Waals surface area contributed by atoms with Gasteiger partial charge in [0, 0.05) is 36.6 Å². The fraction of sp³-hybridized carbons (Fsp3) is 0.130. The van der Waals surface area contributed by atoms with Crippen molar-refractivity contribution in [2.75, 3.05) is 11.3 Å². The number of rotatable bonds is 7. The van der Waals surface area contributed by atoms with Crippen molar-refractivity contribution < 1.29 is 17.6 Å². The van der Waals surface area contributed by atoms with E-state index in [9.17, 15) is 17.6 Å². The molecule has 164 valence electrons. The number of carbonyl (C=O) groups is 1. The molecule has 0 radical (unpaired) electrons. The molecular weight excluding hydrogens is 431 g/mol. The first-order valence-corrected chi connectivity index (χ1v) is 11.4. The maximum atomic E-state index is 13.8. The zero-order chi connectivity index (χ0) is 22.7. The predicted molar refractivity (Wildman–Crippen MR) is 120 cm³/mol. The van der Waals surface area contributed by atoms with Crippen LogP contribution >= 0.6 is 0 Å². The van der Waals surface area contributed by atoms with E-state index in [-0.39, 0.29) is 16.5 Å². The minimum Gasteiger partial charge on any atom is -0.352 e. The number of aromatic nitrogens is 2. The zero-order valence-corrected chi connectivity index (χ0v) is 18.1. The van der Waals surface area contributed by atoms with Crippen LogP contribution in [0.2, 0.25) is 0 Å². The third kappa shape index (κ3) is 4.78. The van der Waals surface area contributed by atoms with Gasteiger partial charge in [0.2, 0.25) is 0 Å². The lowest BCUT2D eigenvalue weighted by Crippen LogP contribution is -2.26. The molecular formula is C23H21FN4O3S. The smallest absolute Gasteiger partial charge is 0.261 e. The number of fused-ring (bicyclic) bond motifs is 1. The number of hydrogen-bond acceptors (Lipinski definition) is 4. The average molecular weight is 453 g/mol. The molecule has 7 nitrogen and oxygen atoms in total. The summed E-state index contributed by atoms with van der Waals surface area (Å²) in [6.45, 7) is 1.93. The summed E-state index contributed by atoms with van der Waals surface area (Å²) >= 11 is 0. The van der Waals surface area contributed by atoms with Gasteiger partial charge in [-0.2, -0.15) is 0 Å². The Morgan fingerprint density at radius 1 is 1.09 bits per heavy atom. The molecule has 0 saturated carbocycles. The summed E-state index contributed by atoms with van der Waals surface area (Å²) < 4.78 is 43.2. The molecule has 0 atom stereocenters. The first-order valence-electron chi connectivity index (χ1n) is 9.92. The van der Waals surface area contributed by atoms with E-state index in [4.69, 9.17) is 0 Å². The number of imidazole rings is 1. The highest BCUT2D eigenvalue weighted by Crippen LogP contribution is 2.19. The number of benzene rings is 2. The third-order valence-electron chi connectivity index (χ3n) is 4.91. The second-order valence-corrected chi connectivity index (χ2v) is 8.98. The number of amides is 1. The lowest BCUT2D eigenvalue weighted by Gasteiger charge is -2.10. The van der Waals surface area contributed by atoms with Gasteiger partial charge in [0.25, 0.3) is 15.9 Å². The van der Waals surface area contributed by atoms with E-state index in [1.807, 2.05) is 35.0 Å². The van der Waals surface area contributed by atoms with Crippen LogP contribution in [0.5, 0.6) is 0 Å². The van der Waals surface area contributed by atoms with Crippen molar-refractivity contribution in [2.45, 2.75) is 18.2 Å². The van der Waals surface area contributed by atoms with Gasteiger partial charge in [0.1, 0.15) is 11.5 Å². The number of aryl methyl sites for hydroxylation is 1. The van der Waals surface area contributed by atoms with Gasteiger partial charge in [0.05, 0.1) is 10.6 Å². The molecule has 0 saturated heterocycles. The lowest BCUT2D eigenvalue weighted by molar-refractivity contribution is 0.0954. The quantitative estimate of drug-likeness (QED) is 0.449. The fourth-order valence-corrected chi connectivity index (χ4v) is 4.25. The normalized spacial score (nSPS) is 11.4. The Morgan fingerprint density at radius 2 is 1.94 bits per heavy atom. The van der Waals surface area contributed by atoms with E-state index in [0.717, 1.165) is 17.4 Å². The Hall–Kier alpha value is -3.72. The average Bonchev–Trinajstić information content (AvgIpc) is 3.18. The number of anilines is 1. The first kappa shape index (κ1) is 21.5. The van der Waals surface area contributed by atoms with E-state index in [2.05, 4.69) is 15.0 Å². The molecule has 0 aliphatic carbocycles. The molecule has 9 heteroatoms. The Labute approximate surface area is 185 Å². The number of halogens is 1. The number of nitrogens with one attached hydrogen (secondary N) is 2. The molecule has 2 aromatic carbocycles. The maximum absolute atomic E-state index is 13.8. The topological polar surface area (TPSA) is 92.6 Å². The number of nitrogens with zero attached hydrogens (tertiary/aromatic N) is 2. The maximum Gasteiger partial charge on any atom is 0.261 e. The van der Waals surface area contributed by atoms with E-state index >= 15 is 0 Å². The summed E-state index contributed by atoms with van der Waals surface area (Å²) in [5, 5.41) is 2.81. The molecule has 2 N–H and O–H groups in total. The van der Waals surface area contributed by atoms with Gasteiger partial charge in [-0.05, 0) is 55.0 Å². The predicted octanol–water partition coefficient (Wildman–Crippen LogP) is 3.56. The molecule has 4 rings (SSSR count). The zero-order valence-electron chi connectivity index (χ0n) is 17.2. The van der Waals surface area contributed by atoms with E-state index in [0.29, 0.717) is 24.1 Å². The number of pyridine rings is 1. The van der Waals surface area contributed by atoms with Crippen molar-refractivity contribution in [3.63, 3.8) is 0 Å². The fourth-order valence-electron chi connectivity index (χ4n) is 3.19. The standard InChI is InChI=1S/C23H21FN4O3S/c1-16-8-9-20(14-21(16)24)32(30,31)27-18-6-4-5-17(13-18)23(29)25-11-10-19-15-28-12-3-2-7-22(28)26-19/h2-9,12-15,27H,10-11H2,1H3,(H,25,29). The van der Waals surface area contributed by atoms with Crippen molar-refractivity contribution >= 4 is 27.3 Å². The Morgan fingerprint density at radius 3 is 2.72 bits per heavy atom. The van der Waals surface area contributed by atoms with Gasteiger partial charge in [-0.15, -0.1) is 0 Å². The molecule has 0 unspecified atom stereocenters. The van der Waals surface area contributed by atoms with Crippen LogP contribution in [-0.4, -0.2) is 30.3 Å².